The summed E-state index contributed by atoms with van der Waals surface area (Å²) >= 11 is 0. The van der Waals surface area contributed by atoms with Gasteiger partial charge in [-0.1, -0.05) is 26.0 Å². The molecule has 2 aromatic rings. The first-order valence-corrected chi connectivity index (χ1v) is 10.4. The summed E-state index contributed by atoms with van der Waals surface area (Å²) < 4.78 is 52.8. The van der Waals surface area contributed by atoms with E-state index in [0.717, 1.165) is 11.6 Å². The van der Waals surface area contributed by atoms with Gasteiger partial charge in [0.05, 0.1) is 18.1 Å². The van der Waals surface area contributed by atoms with E-state index in [9.17, 15) is 12.8 Å². The van der Waals surface area contributed by atoms with Crippen LogP contribution >= 0.6 is 0 Å². The first kappa shape index (κ1) is 21.2. The predicted molar refractivity (Wildman–Crippen MR) is 103 cm³/mol. The molecule has 0 fully saturated rings. The fraction of sp³-hybridized carbons (Fsp3) is 0.400. The van der Waals surface area contributed by atoms with Crippen molar-refractivity contribution in [1.82, 2.24) is 4.72 Å². The molecule has 0 spiro atoms. The maximum Gasteiger partial charge on any atom is 0.241 e. The Morgan fingerprint density at radius 1 is 1.00 bits per heavy atom. The molecule has 0 aliphatic carbocycles. The molecular weight excluding hydrogens is 369 g/mol. The third-order valence-corrected chi connectivity index (χ3v) is 5.42. The van der Waals surface area contributed by atoms with Gasteiger partial charge in [-0.3, -0.25) is 0 Å². The smallest absolute Gasteiger partial charge is 0.241 e. The van der Waals surface area contributed by atoms with Crippen LogP contribution in [-0.4, -0.2) is 21.6 Å². The van der Waals surface area contributed by atoms with Gasteiger partial charge in [0.15, 0.2) is 11.5 Å². The van der Waals surface area contributed by atoms with Gasteiger partial charge in [-0.05, 0) is 55.7 Å². The van der Waals surface area contributed by atoms with Gasteiger partial charge in [-0.15, -0.1) is 0 Å². The molecule has 0 bridgehead atoms. The summed E-state index contributed by atoms with van der Waals surface area (Å²) in [5.74, 6) is 0.533. The third kappa shape index (κ3) is 5.43. The Morgan fingerprint density at radius 3 is 2.26 bits per heavy atom. The molecule has 0 heterocycles. The molecular formula is C20H26FNO4S. The van der Waals surface area contributed by atoms with Crippen LogP contribution < -0.4 is 14.2 Å². The van der Waals surface area contributed by atoms with Crippen LogP contribution in [0.1, 0.15) is 39.3 Å². The average molecular weight is 395 g/mol. The van der Waals surface area contributed by atoms with Crippen LogP contribution in [0.4, 0.5) is 4.39 Å². The second-order valence-electron chi connectivity index (χ2n) is 6.37. The summed E-state index contributed by atoms with van der Waals surface area (Å²) in [6, 6.07) is 9.82. The first-order chi connectivity index (χ1) is 12.8. The van der Waals surface area contributed by atoms with E-state index in [1.807, 2.05) is 33.8 Å². The molecule has 0 saturated carbocycles. The summed E-state index contributed by atoms with van der Waals surface area (Å²) in [4.78, 5) is -0.107. The van der Waals surface area contributed by atoms with Crippen LogP contribution in [0.15, 0.2) is 47.4 Å². The van der Waals surface area contributed by atoms with Gasteiger partial charge in [-0.2, -0.15) is 0 Å². The fourth-order valence-electron chi connectivity index (χ4n) is 2.72. The van der Waals surface area contributed by atoms with Crippen molar-refractivity contribution in [2.45, 2.75) is 38.6 Å². The van der Waals surface area contributed by atoms with Crippen LogP contribution in [0, 0.1) is 11.7 Å². The molecule has 1 atom stereocenters. The molecule has 0 amide bonds. The van der Waals surface area contributed by atoms with Crippen molar-refractivity contribution in [1.29, 1.82) is 0 Å². The maximum absolute atomic E-state index is 13.4. The fourth-order valence-corrected chi connectivity index (χ4v) is 4.12. The summed E-state index contributed by atoms with van der Waals surface area (Å²) in [7, 11) is -3.88. The number of ether oxygens (including phenoxy) is 2. The van der Waals surface area contributed by atoms with Crippen molar-refractivity contribution in [3.05, 3.63) is 53.8 Å². The van der Waals surface area contributed by atoms with E-state index in [0.29, 0.717) is 24.7 Å². The van der Waals surface area contributed by atoms with Gasteiger partial charge >= 0.3 is 0 Å². The molecule has 1 unspecified atom stereocenters. The average Bonchev–Trinajstić information content (AvgIpc) is 2.61. The molecule has 2 aromatic carbocycles. The van der Waals surface area contributed by atoms with Crippen molar-refractivity contribution < 1.29 is 22.3 Å². The summed E-state index contributed by atoms with van der Waals surface area (Å²) in [5.41, 5.74) is 0.747. The lowest BCUT2D eigenvalue weighted by atomic mass is 9.97. The highest BCUT2D eigenvalue weighted by atomic mass is 32.2. The van der Waals surface area contributed by atoms with E-state index in [4.69, 9.17) is 9.47 Å². The van der Waals surface area contributed by atoms with E-state index in [1.165, 1.54) is 18.2 Å². The van der Waals surface area contributed by atoms with E-state index >= 15 is 0 Å². The number of sulfonamides is 1. The Hall–Kier alpha value is -2.12. The number of nitrogens with one attached hydrogen (secondary N) is 1. The van der Waals surface area contributed by atoms with Crippen LogP contribution in [0.5, 0.6) is 11.5 Å². The lowest BCUT2D eigenvalue weighted by molar-refractivity contribution is 0.287. The Labute approximate surface area is 160 Å². The standard InChI is InChI=1S/C20H26FNO4S/c1-5-25-18-11-10-15(12-19(18)26-6-2)20(14(3)4)22-27(23,24)17-9-7-8-16(21)13-17/h7-14,20,22H,5-6H2,1-4H3. The van der Waals surface area contributed by atoms with Crippen molar-refractivity contribution in [2.24, 2.45) is 5.92 Å². The van der Waals surface area contributed by atoms with Gasteiger partial charge in [-0.25, -0.2) is 17.5 Å². The van der Waals surface area contributed by atoms with Crippen LogP contribution in [0.25, 0.3) is 0 Å². The number of halogens is 1. The highest BCUT2D eigenvalue weighted by Gasteiger charge is 2.25. The number of hydrogen-bond donors (Lipinski definition) is 1. The van der Waals surface area contributed by atoms with Crippen molar-refractivity contribution in [3.8, 4) is 11.5 Å². The van der Waals surface area contributed by atoms with Crippen molar-refractivity contribution in [2.75, 3.05) is 13.2 Å². The minimum atomic E-state index is -3.88. The summed E-state index contributed by atoms with van der Waals surface area (Å²) in [6.07, 6.45) is 0. The van der Waals surface area contributed by atoms with E-state index < -0.39 is 21.9 Å². The molecule has 5 nitrogen and oxygen atoms in total. The predicted octanol–water partition coefficient (Wildman–Crippen LogP) is 4.30. The molecule has 0 aliphatic heterocycles. The van der Waals surface area contributed by atoms with Crippen LogP contribution in [-0.2, 0) is 10.0 Å². The van der Waals surface area contributed by atoms with Gasteiger partial charge in [0.2, 0.25) is 10.0 Å². The Kier molecular flexibility index (Phi) is 7.21. The summed E-state index contributed by atoms with van der Waals surface area (Å²) in [5, 5.41) is 0. The molecule has 0 aliphatic rings. The van der Waals surface area contributed by atoms with E-state index in [2.05, 4.69) is 4.72 Å². The van der Waals surface area contributed by atoms with Gasteiger partial charge in [0.1, 0.15) is 5.82 Å². The van der Waals surface area contributed by atoms with E-state index in [1.54, 1.807) is 12.1 Å². The van der Waals surface area contributed by atoms with Gasteiger partial charge in [0.25, 0.3) is 0 Å². The number of hydrogen-bond acceptors (Lipinski definition) is 4. The molecule has 1 N–H and O–H groups in total. The van der Waals surface area contributed by atoms with Crippen molar-refractivity contribution in [3.63, 3.8) is 0 Å². The van der Waals surface area contributed by atoms with Crippen LogP contribution in [0.2, 0.25) is 0 Å². The Bertz CT molecular complexity index is 868. The van der Waals surface area contributed by atoms with Crippen LogP contribution in [0.3, 0.4) is 0 Å². The maximum atomic E-state index is 13.4. The first-order valence-electron chi connectivity index (χ1n) is 8.96. The molecule has 0 saturated heterocycles. The lowest BCUT2D eigenvalue weighted by Crippen LogP contribution is -2.32. The second kappa shape index (κ2) is 9.19. The summed E-state index contributed by atoms with van der Waals surface area (Å²) in [6.45, 7) is 8.54. The highest BCUT2D eigenvalue weighted by Crippen LogP contribution is 2.33. The molecule has 148 valence electrons. The molecule has 0 aromatic heterocycles. The number of benzene rings is 2. The zero-order chi connectivity index (χ0) is 20.0. The second-order valence-corrected chi connectivity index (χ2v) is 8.09. The minimum absolute atomic E-state index is 0.0410. The molecule has 7 heteroatoms. The van der Waals surface area contributed by atoms with Gasteiger partial charge < -0.3 is 9.47 Å². The highest BCUT2D eigenvalue weighted by molar-refractivity contribution is 7.89. The Morgan fingerprint density at radius 2 is 1.67 bits per heavy atom. The van der Waals surface area contributed by atoms with E-state index in [-0.39, 0.29) is 10.8 Å². The van der Waals surface area contributed by atoms with Gasteiger partial charge in [0, 0.05) is 6.04 Å². The quantitative estimate of drug-likeness (QED) is 0.688. The molecule has 27 heavy (non-hydrogen) atoms. The lowest BCUT2D eigenvalue weighted by Gasteiger charge is -2.24. The SMILES string of the molecule is CCOc1ccc(C(NS(=O)(=O)c2cccc(F)c2)C(C)C)cc1OCC. The topological polar surface area (TPSA) is 64.6 Å². The zero-order valence-electron chi connectivity index (χ0n) is 16.0. The molecule has 2 rings (SSSR count). The minimum Gasteiger partial charge on any atom is -0.490 e. The van der Waals surface area contributed by atoms with Crippen molar-refractivity contribution >= 4 is 10.0 Å². The Balaban J connectivity index is 2.38. The number of rotatable bonds is 9. The zero-order valence-corrected chi connectivity index (χ0v) is 16.8. The third-order valence-electron chi connectivity index (χ3n) is 3.98. The monoisotopic (exact) mass is 395 g/mol. The molecule has 0 radical (unpaired) electrons. The largest absolute Gasteiger partial charge is 0.490 e. The normalized spacial score (nSPS) is 12.8.